The topological polar surface area (TPSA) is 34.9 Å². The lowest BCUT2D eigenvalue weighted by molar-refractivity contribution is 0.112. The Morgan fingerprint density at radius 1 is 1.00 bits per heavy atom. The van der Waals surface area contributed by atoms with Crippen LogP contribution in [0.1, 0.15) is 28.9 Å². The Labute approximate surface area is 123 Å². The summed E-state index contributed by atoms with van der Waals surface area (Å²) in [4.78, 5) is 10.7. The van der Waals surface area contributed by atoms with Crippen LogP contribution in [-0.4, -0.2) is 16.1 Å². The maximum absolute atomic E-state index is 10.7. The Hall–Kier alpha value is -2.68. The molecule has 0 saturated heterocycles. The van der Waals surface area contributed by atoms with Crippen molar-refractivity contribution in [3.05, 3.63) is 78.1 Å². The van der Waals surface area contributed by atoms with E-state index in [0.717, 1.165) is 11.8 Å². The molecule has 1 aromatic heterocycles. The molecule has 21 heavy (non-hydrogen) atoms. The van der Waals surface area contributed by atoms with Gasteiger partial charge in [0, 0.05) is 6.20 Å². The number of carbonyl (C=O) groups is 1. The average Bonchev–Trinajstić information content (AvgIpc) is 3.04. The summed E-state index contributed by atoms with van der Waals surface area (Å²) in [6, 6.07) is 18.8. The minimum Gasteiger partial charge on any atom is -0.298 e. The molecule has 3 aromatic rings. The van der Waals surface area contributed by atoms with Crippen LogP contribution in [0.5, 0.6) is 0 Å². The van der Waals surface area contributed by atoms with E-state index < -0.39 is 0 Å². The number of hydrogen-bond donors (Lipinski definition) is 0. The zero-order valence-electron chi connectivity index (χ0n) is 11.8. The van der Waals surface area contributed by atoms with Gasteiger partial charge in [0.05, 0.1) is 17.8 Å². The smallest absolute Gasteiger partial charge is 0.153 e. The predicted octanol–water partition coefficient (Wildman–Crippen LogP) is 3.97. The monoisotopic (exact) mass is 276 g/mol. The van der Waals surface area contributed by atoms with Gasteiger partial charge in [0.25, 0.3) is 0 Å². The maximum Gasteiger partial charge on any atom is 0.153 e. The number of nitrogens with zero attached hydrogens (tertiary/aromatic N) is 2. The molecule has 3 nitrogen and oxygen atoms in total. The van der Waals surface area contributed by atoms with Gasteiger partial charge >= 0.3 is 0 Å². The van der Waals surface area contributed by atoms with Crippen molar-refractivity contribution in [3.63, 3.8) is 0 Å². The summed E-state index contributed by atoms with van der Waals surface area (Å²) in [5.74, 6) is 0. The van der Waals surface area contributed by atoms with Crippen molar-refractivity contribution in [2.24, 2.45) is 0 Å². The van der Waals surface area contributed by atoms with Crippen LogP contribution in [0.15, 0.2) is 67.0 Å². The van der Waals surface area contributed by atoms with Gasteiger partial charge in [0.2, 0.25) is 0 Å². The van der Waals surface area contributed by atoms with E-state index in [-0.39, 0.29) is 6.04 Å². The molecule has 0 fully saturated rings. The number of carbonyl (C=O) groups excluding carboxylic acids is 1. The highest BCUT2D eigenvalue weighted by Gasteiger charge is 2.09. The Morgan fingerprint density at radius 2 is 1.67 bits per heavy atom. The van der Waals surface area contributed by atoms with Crippen molar-refractivity contribution in [1.82, 2.24) is 9.78 Å². The van der Waals surface area contributed by atoms with Gasteiger partial charge in [-0.05, 0) is 23.6 Å². The van der Waals surface area contributed by atoms with E-state index in [4.69, 9.17) is 0 Å². The SMILES string of the molecule is CC(c1ccc(-c2ccccc2)cc1)n1cc(C=O)cn1. The highest BCUT2D eigenvalue weighted by Crippen LogP contribution is 2.23. The maximum atomic E-state index is 10.7. The minimum absolute atomic E-state index is 0.100. The van der Waals surface area contributed by atoms with Crippen molar-refractivity contribution in [3.8, 4) is 11.1 Å². The van der Waals surface area contributed by atoms with Crippen molar-refractivity contribution < 1.29 is 4.79 Å². The average molecular weight is 276 g/mol. The molecule has 0 bridgehead atoms. The Kier molecular flexibility index (Phi) is 3.65. The fourth-order valence-electron chi connectivity index (χ4n) is 2.36. The largest absolute Gasteiger partial charge is 0.298 e. The first kappa shape index (κ1) is 13.3. The third-order valence-corrected chi connectivity index (χ3v) is 3.65. The number of rotatable bonds is 4. The molecule has 0 aliphatic heterocycles. The summed E-state index contributed by atoms with van der Waals surface area (Å²) < 4.78 is 1.81. The molecule has 0 aliphatic carbocycles. The lowest BCUT2D eigenvalue weighted by Crippen LogP contribution is -2.06. The first-order valence-electron chi connectivity index (χ1n) is 6.92. The second-order valence-electron chi connectivity index (χ2n) is 5.04. The summed E-state index contributed by atoms with van der Waals surface area (Å²) in [5.41, 5.74) is 4.16. The molecule has 0 saturated carbocycles. The lowest BCUT2D eigenvalue weighted by atomic mass is 10.0. The van der Waals surface area contributed by atoms with Gasteiger partial charge in [-0.3, -0.25) is 9.48 Å². The van der Waals surface area contributed by atoms with Gasteiger partial charge in [-0.2, -0.15) is 5.10 Å². The summed E-state index contributed by atoms with van der Waals surface area (Å²) in [6.07, 6.45) is 4.17. The van der Waals surface area contributed by atoms with Crippen LogP contribution in [0.4, 0.5) is 0 Å². The Morgan fingerprint density at radius 3 is 2.29 bits per heavy atom. The van der Waals surface area contributed by atoms with Crippen LogP contribution < -0.4 is 0 Å². The van der Waals surface area contributed by atoms with Crippen LogP contribution in [0, 0.1) is 0 Å². The Bertz CT molecular complexity index is 729. The van der Waals surface area contributed by atoms with Crippen LogP contribution in [0.2, 0.25) is 0 Å². The molecular weight excluding hydrogens is 260 g/mol. The molecule has 104 valence electrons. The number of hydrogen-bond acceptors (Lipinski definition) is 2. The summed E-state index contributed by atoms with van der Waals surface area (Å²) in [5, 5.41) is 4.23. The van der Waals surface area contributed by atoms with Crippen molar-refractivity contribution in [2.75, 3.05) is 0 Å². The van der Waals surface area contributed by atoms with Crippen LogP contribution in [0.25, 0.3) is 11.1 Å². The van der Waals surface area contributed by atoms with E-state index in [1.54, 1.807) is 17.1 Å². The molecule has 0 aliphatic rings. The van der Waals surface area contributed by atoms with Gasteiger partial charge in [0.15, 0.2) is 6.29 Å². The van der Waals surface area contributed by atoms with E-state index in [2.05, 4.69) is 48.4 Å². The molecule has 1 atom stereocenters. The van der Waals surface area contributed by atoms with Gasteiger partial charge < -0.3 is 0 Å². The molecule has 3 heteroatoms. The molecule has 1 unspecified atom stereocenters. The van der Waals surface area contributed by atoms with Gasteiger partial charge in [-0.25, -0.2) is 0 Å². The molecule has 2 aromatic carbocycles. The van der Waals surface area contributed by atoms with Crippen molar-refractivity contribution >= 4 is 6.29 Å². The van der Waals surface area contributed by atoms with E-state index in [0.29, 0.717) is 5.56 Å². The summed E-state index contributed by atoms with van der Waals surface area (Å²) >= 11 is 0. The third-order valence-electron chi connectivity index (χ3n) is 3.65. The van der Waals surface area contributed by atoms with Crippen LogP contribution in [0.3, 0.4) is 0 Å². The van der Waals surface area contributed by atoms with Gasteiger partial charge in [-0.1, -0.05) is 54.6 Å². The summed E-state index contributed by atoms with van der Waals surface area (Å²) in [7, 11) is 0. The lowest BCUT2D eigenvalue weighted by Gasteiger charge is -2.13. The summed E-state index contributed by atoms with van der Waals surface area (Å²) in [6.45, 7) is 2.07. The van der Waals surface area contributed by atoms with Gasteiger partial charge in [0.1, 0.15) is 0 Å². The Balaban J connectivity index is 1.85. The predicted molar refractivity (Wildman–Crippen MR) is 83.3 cm³/mol. The minimum atomic E-state index is 0.100. The molecular formula is C18H16N2O. The van der Waals surface area contributed by atoms with E-state index in [9.17, 15) is 4.79 Å². The molecule has 0 radical (unpaired) electrons. The van der Waals surface area contributed by atoms with Crippen molar-refractivity contribution in [1.29, 1.82) is 0 Å². The normalized spacial score (nSPS) is 12.0. The van der Waals surface area contributed by atoms with Crippen LogP contribution >= 0.6 is 0 Å². The fraction of sp³-hybridized carbons (Fsp3) is 0.111. The molecule has 1 heterocycles. The number of aldehydes is 1. The third kappa shape index (κ3) is 2.77. The number of aromatic nitrogens is 2. The standard InChI is InChI=1S/C18H16N2O/c1-14(20-12-15(13-21)11-19-20)16-7-9-18(10-8-16)17-5-3-2-4-6-17/h2-14H,1H3. The van der Waals surface area contributed by atoms with Gasteiger partial charge in [-0.15, -0.1) is 0 Å². The van der Waals surface area contributed by atoms with Crippen LogP contribution in [-0.2, 0) is 0 Å². The fourth-order valence-corrected chi connectivity index (χ4v) is 2.36. The second kappa shape index (κ2) is 5.75. The highest BCUT2D eigenvalue weighted by molar-refractivity contribution is 5.73. The molecule has 0 amide bonds. The van der Waals surface area contributed by atoms with E-state index in [1.165, 1.54) is 11.1 Å². The highest BCUT2D eigenvalue weighted by atomic mass is 16.1. The van der Waals surface area contributed by atoms with Crippen molar-refractivity contribution in [2.45, 2.75) is 13.0 Å². The second-order valence-corrected chi connectivity index (χ2v) is 5.04. The van der Waals surface area contributed by atoms with E-state index in [1.807, 2.05) is 18.2 Å². The first-order valence-corrected chi connectivity index (χ1v) is 6.92. The zero-order valence-corrected chi connectivity index (χ0v) is 11.8. The molecule has 0 spiro atoms. The van der Waals surface area contributed by atoms with E-state index >= 15 is 0 Å². The molecule has 0 N–H and O–H groups in total. The molecule has 3 rings (SSSR count). The number of benzene rings is 2. The zero-order chi connectivity index (χ0) is 14.7. The first-order chi connectivity index (χ1) is 10.3. The quantitative estimate of drug-likeness (QED) is 0.676.